The Hall–Kier alpha value is -3.42. The first-order chi connectivity index (χ1) is 17.2. The topological polar surface area (TPSA) is 73.2 Å². The average molecular weight is 484 g/mol. The molecule has 1 aliphatic heterocycles. The quantitative estimate of drug-likeness (QED) is 0.322. The number of carbonyl (C=O) groups is 1. The third kappa shape index (κ3) is 4.15. The van der Waals surface area contributed by atoms with Crippen molar-refractivity contribution in [3.63, 3.8) is 0 Å². The monoisotopic (exact) mass is 483 g/mol. The second kappa shape index (κ2) is 9.32. The molecule has 4 aromatic rings. The molecule has 7 heteroatoms. The molecule has 1 fully saturated rings. The molecule has 0 bridgehead atoms. The van der Waals surface area contributed by atoms with Gasteiger partial charge in [0.05, 0.1) is 35.3 Å². The predicted octanol–water partition coefficient (Wildman–Crippen LogP) is 4.55. The van der Waals surface area contributed by atoms with Crippen LogP contribution in [-0.4, -0.2) is 33.9 Å². The summed E-state index contributed by atoms with van der Waals surface area (Å²) in [5.74, 6) is 0.0644. The number of hydrogen-bond acceptors (Lipinski definition) is 5. The van der Waals surface area contributed by atoms with Crippen molar-refractivity contribution >= 4 is 28.6 Å². The maximum atomic E-state index is 13.3. The lowest BCUT2D eigenvalue weighted by Crippen LogP contribution is -2.31. The third-order valence-electron chi connectivity index (χ3n) is 6.71. The van der Waals surface area contributed by atoms with Gasteiger partial charge in [0.15, 0.2) is 5.16 Å². The van der Waals surface area contributed by atoms with Crippen molar-refractivity contribution in [2.24, 2.45) is 0 Å². The van der Waals surface area contributed by atoms with Crippen molar-refractivity contribution in [3.8, 4) is 11.1 Å². The van der Waals surface area contributed by atoms with Crippen LogP contribution in [0.3, 0.4) is 0 Å². The van der Waals surface area contributed by atoms with Crippen molar-refractivity contribution in [2.75, 3.05) is 12.4 Å². The molecule has 35 heavy (non-hydrogen) atoms. The van der Waals surface area contributed by atoms with Gasteiger partial charge in [0.2, 0.25) is 5.91 Å². The van der Waals surface area contributed by atoms with Gasteiger partial charge in [0.1, 0.15) is 0 Å². The Labute approximate surface area is 207 Å². The predicted molar refractivity (Wildman–Crippen MR) is 138 cm³/mol. The summed E-state index contributed by atoms with van der Waals surface area (Å²) in [4.78, 5) is 31.2. The van der Waals surface area contributed by atoms with Gasteiger partial charge in [-0.2, -0.15) is 0 Å². The Morgan fingerprint density at radius 3 is 2.40 bits per heavy atom. The van der Waals surface area contributed by atoms with E-state index in [1.807, 2.05) is 42.5 Å². The van der Waals surface area contributed by atoms with E-state index in [1.54, 1.807) is 10.6 Å². The number of nitrogens with one attached hydrogen (secondary N) is 1. The van der Waals surface area contributed by atoms with Crippen LogP contribution in [0.2, 0.25) is 0 Å². The van der Waals surface area contributed by atoms with Crippen LogP contribution in [0.25, 0.3) is 22.0 Å². The Balaban J connectivity index is 1.25. The molecule has 6 nitrogen and oxygen atoms in total. The first kappa shape index (κ1) is 22.1. The number of fused-ring (bicyclic) bond motifs is 4. The Bertz CT molecular complexity index is 1430. The molecule has 0 saturated carbocycles. The number of ether oxygens (including phenoxy) is 1. The first-order valence-corrected chi connectivity index (χ1v) is 12.9. The summed E-state index contributed by atoms with van der Waals surface area (Å²) in [5.41, 5.74) is 5.07. The number of thioether (sulfide) groups is 1. The molecular formula is C28H25N3O3S. The molecule has 1 aliphatic carbocycles. The number of amides is 1. The van der Waals surface area contributed by atoms with Crippen LogP contribution in [0.4, 0.5) is 0 Å². The summed E-state index contributed by atoms with van der Waals surface area (Å²) in [6, 6.07) is 23.5. The van der Waals surface area contributed by atoms with E-state index in [1.165, 1.54) is 11.8 Å². The Morgan fingerprint density at radius 1 is 1.00 bits per heavy atom. The third-order valence-corrected chi connectivity index (χ3v) is 7.68. The molecule has 1 aromatic heterocycles. The van der Waals surface area contributed by atoms with Gasteiger partial charge < -0.3 is 10.1 Å². The minimum Gasteiger partial charge on any atom is -0.376 e. The smallest absolute Gasteiger partial charge is 0.262 e. The second-order valence-electron chi connectivity index (χ2n) is 8.93. The molecule has 3 aromatic carbocycles. The number of hydrogen-bond donors (Lipinski definition) is 1. The van der Waals surface area contributed by atoms with Crippen LogP contribution in [0.15, 0.2) is 82.7 Å². The number of aromatic nitrogens is 2. The summed E-state index contributed by atoms with van der Waals surface area (Å²) in [7, 11) is 0. The lowest BCUT2D eigenvalue weighted by molar-refractivity contribution is -0.119. The zero-order valence-electron chi connectivity index (χ0n) is 19.1. The van der Waals surface area contributed by atoms with Gasteiger partial charge in [0.25, 0.3) is 5.56 Å². The molecule has 6 rings (SSSR count). The minimum absolute atomic E-state index is 0.00432. The molecule has 0 spiro atoms. The highest BCUT2D eigenvalue weighted by Crippen LogP contribution is 2.43. The van der Waals surface area contributed by atoms with E-state index in [-0.39, 0.29) is 29.4 Å². The first-order valence-electron chi connectivity index (χ1n) is 11.9. The molecular weight excluding hydrogens is 458 g/mol. The summed E-state index contributed by atoms with van der Waals surface area (Å²) < 4.78 is 7.46. The van der Waals surface area contributed by atoms with Gasteiger partial charge in [-0.3, -0.25) is 14.2 Å². The summed E-state index contributed by atoms with van der Waals surface area (Å²) in [6.07, 6.45) is 1.91. The van der Waals surface area contributed by atoms with Crippen LogP contribution in [0.5, 0.6) is 0 Å². The van der Waals surface area contributed by atoms with Gasteiger partial charge in [-0.05, 0) is 47.2 Å². The summed E-state index contributed by atoms with van der Waals surface area (Å²) in [6.45, 7) is 1.17. The zero-order chi connectivity index (χ0) is 23.8. The van der Waals surface area contributed by atoms with Crippen molar-refractivity contribution in [2.45, 2.75) is 36.7 Å². The van der Waals surface area contributed by atoms with E-state index in [0.717, 1.165) is 41.7 Å². The lowest BCUT2D eigenvalue weighted by Gasteiger charge is -2.18. The van der Waals surface area contributed by atoms with Crippen molar-refractivity contribution in [1.29, 1.82) is 0 Å². The highest BCUT2D eigenvalue weighted by Gasteiger charge is 2.29. The minimum atomic E-state index is -0.186. The van der Waals surface area contributed by atoms with E-state index in [0.29, 0.717) is 22.6 Å². The van der Waals surface area contributed by atoms with Gasteiger partial charge in [-0.15, -0.1) is 0 Å². The van der Waals surface area contributed by atoms with E-state index in [9.17, 15) is 9.59 Å². The summed E-state index contributed by atoms with van der Waals surface area (Å²) in [5, 5.41) is 4.34. The van der Waals surface area contributed by atoms with Gasteiger partial charge in [-0.1, -0.05) is 72.4 Å². The SMILES string of the molecule is O=C(CSc1nc2ccccc2c(=O)n1CC1CCCO1)NC1c2ccccc2-c2ccccc21. The van der Waals surface area contributed by atoms with Crippen LogP contribution < -0.4 is 10.9 Å². The molecule has 0 radical (unpaired) electrons. The van der Waals surface area contributed by atoms with Crippen molar-refractivity contribution in [3.05, 3.63) is 94.3 Å². The fourth-order valence-corrected chi connectivity index (χ4v) is 5.87. The fourth-order valence-electron chi connectivity index (χ4n) is 5.05. The van der Waals surface area contributed by atoms with Crippen LogP contribution in [-0.2, 0) is 16.1 Å². The van der Waals surface area contributed by atoms with Gasteiger partial charge in [0, 0.05) is 6.61 Å². The van der Waals surface area contributed by atoms with E-state index < -0.39 is 0 Å². The molecule has 1 saturated heterocycles. The van der Waals surface area contributed by atoms with Gasteiger partial charge >= 0.3 is 0 Å². The molecule has 176 valence electrons. The number of para-hydroxylation sites is 1. The molecule has 2 aliphatic rings. The summed E-state index contributed by atoms with van der Waals surface area (Å²) >= 11 is 1.30. The molecule has 1 amide bonds. The number of nitrogens with zero attached hydrogens (tertiary/aromatic N) is 2. The van der Waals surface area contributed by atoms with Crippen molar-refractivity contribution < 1.29 is 9.53 Å². The molecule has 2 heterocycles. The van der Waals surface area contributed by atoms with Crippen LogP contribution in [0, 0.1) is 0 Å². The highest BCUT2D eigenvalue weighted by atomic mass is 32.2. The Morgan fingerprint density at radius 2 is 1.69 bits per heavy atom. The van der Waals surface area contributed by atoms with Crippen LogP contribution in [0.1, 0.15) is 30.0 Å². The van der Waals surface area contributed by atoms with Crippen LogP contribution >= 0.6 is 11.8 Å². The van der Waals surface area contributed by atoms with E-state index in [4.69, 9.17) is 9.72 Å². The molecule has 1 N–H and O–H groups in total. The zero-order valence-corrected chi connectivity index (χ0v) is 20.0. The second-order valence-corrected chi connectivity index (χ2v) is 9.87. The number of rotatable bonds is 6. The standard InChI is InChI=1S/C28H25N3O3S/c32-25(30-26-21-11-3-1-9-19(21)20-10-2-4-12-22(20)26)17-35-28-29-24-14-6-5-13-23(24)27(33)31(28)16-18-8-7-15-34-18/h1-6,9-14,18,26H,7-8,15-17H2,(H,30,32). The largest absolute Gasteiger partial charge is 0.376 e. The number of carbonyl (C=O) groups excluding carboxylic acids is 1. The lowest BCUT2D eigenvalue weighted by atomic mass is 10.1. The maximum Gasteiger partial charge on any atom is 0.262 e. The fraction of sp³-hybridized carbons (Fsp3) is 0.250. The van der Waals surface area contributed by atoms with Crippen molar-refractivity contribution in [1.82, 2.24) is 14.9 Å². The molecule has 1 atom stereocenters. The normalized spacial score (nSPS) is 16.9. The average Bonchev–Trinajstić information content (AvgIpc) is 3.52. The van der Waals surface area contributed by atoms with E-state index >= 15 is 0 Å². The van der Waals surface area contributed by atoms with E-state index in [2.05, 4.69) is 29.6 Å². The number of benzene rings is 3. The molecule has 1 unspecified atom stereocenters. The van der Waals surface area contributed by atoms with Gasteiger partial charge in [-0.25, -0.2) is 4.98 Å². The maximum absolute atomic E-state index is 13.3. The Kier molecular flexibility index (Phi) is 5.88. The highest BCUT2D eigenvalue weighted by molar-refractivity contribution is 7.99.